The minimum absolute atomic E-state index is 0.0303. The second-order valence-electron chi connectivity index (χ2n) is 9.33. The van der Waals surface area contributed by atoms with Crippen molar-refractivity contribution in [1.82, 2.24) is 15.0 Å². The highest BCUT2D eigenvalue weighted by molar-refractivity contribution is 5.98. The van der Waals surface area contributed by atoms with Crippen LogP contribution >= 0.6 is 0 Å². The Morgan fingerprint density at radius 2 is 1.92 bits per heavy atom. The van der Waals surface area contributed by atoms with Gasteiger partial charge in [-0.25, -0.2) is 9.97 Å². The molecular weight excluding hydrogens is 454 g/mol. The van der Waals surface area contributed by atoms with Crippen LogP contribution in [0.1, 0.15) is 23.0 Å². The van der Waals surface area contributed by atoms with Gasteiger partial charge in [0.25, 0.3) is 0 Å². The monoisotopic (exact) mass is 483 g/mol. The highest BCUT2D eigenvalue weighted by Gasteiger charge is 2.32. The number of methoxy groups -OCH3 is 1. The average molecular weight is 484 g/mol. The van der Waals surface area contributed by atoms with Crippen LogP contribution in [0.2, 0.25) is 0 Å². The Kier molecular flexibility index (Phi) is 6.63. The molecule has 3 atom stereocenters. The minimum atomic E-state index is -0.534. The molecule has 4 heterocycles. The zero-order chi connectivity index (χ0) is 25.2. The highest BCUT2D eigenvalue weighted by Crippen LogP contribution is 2.28. The van der Waals surface area contributed by atoms with Crippen LogP contribution in [0, 0.1) is 5.92 Å². The number of anilines is 1. The predicted octanol–water partition coefficient (Wildman–Crippen LogP) is 3.27. The van der Waals surface area contributed by atoms with E-state index in [1.807, 2.05) is 49.4 Å². The summed E-state index contributed by atoms with van der Waals surface area (Å²) in [6.45, 7) is 3.17. The van der Waals surface area contributed by atoms with E-state index in [1.54, 1.807) is 31.8 Å². The molecular formula is C28H29N5O3. The van der Waals surface area contributed by atoms with Gasteiger partial charge in [-0.2, -0.15) is 0 Å². The summed E-state index contributed by atoms with van der Waals surface area (Å²) in [4.78, 5) is 28.7. The van der Waals surface area contributed by atoms with Gasteiger partial charge in [-0.05, 0) is 29.8 Å². The number of aromatic nitrogens is 3. The van der Waals surface area contributed by atoms with Gasteiger partial charge >= 0.3 is 0 Å². The molecule has 3 aromatic heterocycles. The van der Waals surface area contributed by atoms with E-state index >= 15 is 0 Å². The number of hydrogen-bond acceptors (Lipinski definition) is 8. The number of fused-ring (bicyclic) bond motifs is 1. The minimum Gasteiger partial charge on any atom is -0.481 e. The molecule has 3 N–H and O–H groups in total. The molecule has 8 nitrogen and oxygen atoms in total. The van der Waals surface area contributed by atoms with E-state index in [1.165, 1.54) is 0 Å². The van der Waals surface area contributed by atoms with Gasteiger partial charge in [0.2, 0.25) is 5.88 Å². The standard InChI is InChI=1S/C28H29N5O3/c1-17-15-33(16-22(29)28(17)35)25-9-10-30-13-21(25)12-26(34)23-7-5-18-3-4-19(11-24(18)32-23)20-6-8-27(36-2)31-14-20/h3-11,13-14,17,22,28,35H,12,15-16,29H2,1-2H3/t17-,22+,28+/m0/s1. The number of Topliss-reactive ketones (excluding diaryl/α,β-unsaturated/α-hetero) is 1. The number of hydrogen-bond donors (Lipinski definition) is 2. The summed E-state index contributed by atoms with van der Waals surface area (Å²) in [6.07, 6.45) is 4.84. The number of pyridine rings is 3. The molecule has 36 heavy (non-hydrogen) atoms. The van der Waals surface area contributed by atoms with Crippen LogP contribution in [0.15, 0.2) is 67.1 Å². The van der Waals surface area contributed by atoms with Gasteiger partial charge in [0.05, 0.1) is 18.7 Å². The summed E-state index contributed by atoms with van der Waals surface area (Å²) in [5.41, 5.74) is 10.9. The van der Waals surface area contributed by atoms with Gasteiger partial charge < -0.3 is 20.5 Å². The molecule has 1 saturated heterocycles. The van der Waals surface area contributed by atoms with E-state index in [2.05, 4.69) is 19.9 Å². The molecule has 0 aliphatic carbocycles. The van der Waals surface area contributed by atoms with Crippen LogP contribution in [0.3, 0.4) is 0 Å². The molecule has 0 spiro atoms. The molecule has 8 heteroatoms. The largest absolute Gasteiger partial charge is 0.481 e. The quantitative estimate of drug-likeness (QED) is 0.402. The summed E-state index contributed by atoms with van der Waals surface area (Å²) >= 11 is 0. The number of aliphatic hydroxyl groups excluding tert-OH is 1. The van der Waals surface area contributed by atoms with Gasteiger partial charge in [-0.3, -0.25) is 9.78 Å². The predicted molar refractivity (Wildman–Crippen MR) is 139 cm³/mol. The second kappa shape index (κ2) is 10.0. The zero-order valence-electron chi connectivity index (χ0n) is 20.3. The SMILES string of the molecule is COc1ccc(-c2ccc3ccc(C(=O)Cc4cnccc4N4C[C@@H](N)[C@H](O)[C@@H](C)C4)nc3c2)cn1. The Labute approximate surface area is 209 Å². The van der Waals surface area contributed by atoms with Crippen molar-refractivity contribution < 1.29 is 14.6 Å². The normalized spacial score (nSPS) is 19.9. The third kappa shape index (κ3) is 4.78. The molecule has 0 bridgehead atoms. The van der Waals surface area contributed by atoms with Crippen molar-refractivity contribution in [1.29, 1.82) is 0 Å². The maximum atomic E-state index is 13.3. The third-order valence-electron chi connectivity index (χ3n) is 6.79. The molecule has 184 valence electrons. The number of ether oxygens (including phenoxy) is 1. The van der Waals surface area contributed by atoms with Crippen LogP contribution in [-0.4, -0.2) is 58.2 Å². The Balaban J connectivity index is 1.40. The van der Waals surface area contributed by atoms with Crippen molar-refractivity contribution in [2.75, 3.05) is 25.1 Å². The van der Waals surface area contributed by atoms with E-state index in [4.69, 9.17) is 10.5 Å². The zero-order valence-corrected chi connectivity index (χ0v) is 20.3. The molecule has 0 unspecified atom stereocenters. The first-order valence-corrected chi connectivity index (χ1v) is 12.0. The van der Waals surface area contributed by atoms with Gasteiger partial charge in [0, 0.05) is 78.3 Å². The van der Waals surface area contributed by atoms with E-state index in [9.17, 15) is 9.90 Å². The fourth-order valence-corrected chi connectivity index (χ4v) is 4.76. The Morgan fingerprint density at radius 1 is 1.11 bits per heavy atom. The third-order valence-corrected chi connectivity index (χ3v) is 6.79. The highest BCUT2D eigenvalue weighted by atomic mass is 16.5. The number of aliphatic hydroxyl groups is 1. The maximum absolute atomic E-state index is 13.3. The number of carbonyl (C=O) groups excluding carboxylic acids is 1. The lowest BCUT2D eigenvalue weighted by Crippen LogP contribution is -2.55. The lowest BCUT2D eigenvalue weighted by Gasteiger charge is -2.40. The first-order valence-electron chi connectivity index (χ1n) is 12.0. The summed E-state index contributed by atoms with van der Waals surface area (Å²) in [6, 6.07) is 15.0. The van der Waals surface area contributed by atoms with Gasteiger partial charge in [0.1, 0.15) is 5.69 Å². The number of benzene rings is 1. The van der Waals surface area contributed by atoms with Crippen LogP contribution < -0.4 is 15.4 Å². The smallest absolute Gasteiger partial charge is 0.212 e. The number of nitrogens with two attached hydrogens (primary N) is 1. The molecule has 0 radical (unpaired) electrons. The summed E-state index contributed by atoms with van der Waals surface area (Å²) in [5.74, 6) is 0.497. The molecule has 1 aromatic carbocycles. The first kappa shape index (κ1) is 23.8. The molecule has 4 aromatic rings. The van der Waals surface area contributed by atoms with E-state index < -0.39 is 6.10 Å². The topological polar surface area (TPSA) is 114 Å². The Morgan fingerprint density at radius 3 is 2.67 bits per heavy atom. The lowest BCUT2D eigenvalue weighted by atomic mass is 9.92. The summed E-state index contributed by atoms with van der Waals surface area (Å²) in [5, 5.41) is 11.2. The molecule has 1 aliphatic heterocycles. The van der Waals surface area contributed by atoms with Crippen molar-refractivity contribution in [2.24, 2.45) is 11.7 Å². The number of nitrogens with zero attached hydrogens (tertiary/aromatic N) is 4. The second-order valence-corrected chi connectivity index (χ2v) is 9.33. The number of piperidine rings is 1. The number of rotatable bonds is 6. The number of carbonyl (C=O) groups is 1. The van der Waals surface area contributed by atoms with Crippen molar-refractivity contribution in [3.8, 4) is 17.0 Å². The first-order chi connectivity index (χ1) is 17.4. The van der Waals surface area contributed by atoms with E-state index in [0.29, 0.717) is 24.7 Å². The van der Waals surface area contributed by atoms with Gasteiger partial charge in [-0.15, -0.1) is 0 Å². The van der Waals surface area contributed by atoms with E-state index in [-0.39, 0.29) is 24.2 Å². The molecule has 0 amide bonds. The van der Waals surface area contributed by atoms with Crippen molar-refractivity contribution in [2.45, 2.75) is 25.5 Å². The van der Waals surface area contributed by atoms with Crippen molar-refractivity contribution >= 4 is 22.4 Å². The van der Waals surface area contributed by atoms with Crippen molar-refractivity contribution in [3.05, 3.63) is 78.4 Å². The van der Waals surface area contributed by atoms with Crippen LogP contribution in [0.25, 0.3) is 22.0 Å². The summed E-state index contributed by atoms with van der Waals surface area (Å²) < 4.78 is 5.14. The fourth-order valence-electron chi connectivity index (χ4n) is 4.76. The molecule has 5 rings (SSSR count). The van der Waals surface area contributed by atoms with E-state index in [0.717, 1.165) is 33.3 Å². The van der Waals surface area contributed by atoms with Crippen molar-refractivity contribution in [3.63, 3.8) is 0 Å². The van der Waals surface area contributed by atoms with Crippen LogP contribution in [0.4, 0.5) is 5.69 Å². The fraction of sp³-hybridized carbons (Fsp3) is 0.286. The van der Waals surface area contributed by atoms with Gasteiger partial charge in [-0.1, -0.05) is 25.1 Å². The molecule has 0 saturated carbocycles. The lowest BCUT2D eigenvalue weighted by molar-refractivity contribution is 0.0784. The molecule has 1 aliphatic rings. The van der Waals surface area contributed by atoms with Gasteiger partial charge in [0.15, 0.2) is 5.78 Å². The number of ketones is 1. The Hall–Kier alpha value is -3.88. The van der Waals surface area contributed by atoms with Crippen LogP contribution in [0.5, 0.6) is 5.88 Å². The van der Waals surface area contributed by atoms with Crippen LogP contribution in [-0.2, 0) is 6.42 Å². The Bertz CT molecular complexity index is 1380. The molecule has 1 fully saturated rings. The average Bonchev–Trinajstić information content (AvgIpc) is 2.91. The summed E-state index contributed by atoms with van der Waals surface area (Å²) in [7, 11) is 1.58. The maximum Gasteiger partial charge on any atom is 0.212 e.